The second kappa shape index (κ2) is 7.15. The molecule has 114 valence electrons. The molecule has 0 spiro atoms. The Morgan fingerprint density at radius 2 is 2.14 bits per heavy atom. The van der Waals surface area contributed by atoms with Crippen molar-refractivity contribution in [3.63, 3.8) is 0 Å². The Kier molecular flexibility index (Phi) is 5.25. The van der Waals surface area contributed by atoms with Crippen LogP contribution in [0.1, 0.15) is 20.8 Å². The normalized spacial score (nSPS) is 11.4. The predicted molar refractivity (Wildman–Crippen MR) is 83.5 cm³/mol. The Bertz CT molecular complexity index is 559. The number of rotatable bonds is 7. The van der Waals surface area contributed by atoms with E-state index in [4.69, 9.17) is 4.74 Å². The van der Waals surface area contributed by atoms with Gasteiger partial charge in [-0.15, -0.1) is 5.10 Å². The molecule has 1 aromatic heterocycles. The van der Waals surface area contributed by atoms with Crippen LogP contribution in [0.2, 0.25) is 0 Å². The highest BCUT2D eigenvalue weighted by atomic mass is 16.5. The maximum atomic E-state index is 9.63. The number of hydrogen-bond donors (Lipinski definition) is 2. The minimum atomic E-state index is -0.684. The van der Waals surface area contributed by atoms with Gasteiger partial charge < -0.3 is 15.2 Å². The number of nitrogens with one attached hydrogen (secondary N) is 1. The minimum Gasteiger partial charge on any atom is -0.438 e. The van der Waals surface area contributed by atoms with Crippen LogP contribution in [-0.4, -0.2) is 34.0 Å². The standard InChI is InChI=1S/C16H21N3O2.H2/c1-16(2,20)12-17-10-8-13-5-3-6-14(11-13)21-15-7-4-9-18-19-15;/h3-7,9,11,17,20H,8,10,12H2,1-2H3;1H. The molecular weight excluding hydrogens is 266 g/mol. The second-order valence-corrected chi connectivity index (χ2v) is 5.55. The third-order valence-electron chi connectivity index (χ3n) is 2.82. The first-order chi connectivity index (χ1) is 10.0. The number of aromatic nitrogens is 2. The van der Waals surface area contributed by atoms with Crippen molar-refractivity contribution in [1.82, 2.24) is 15.5 Å². The van der Waals surface area contributed by atoms with Crippen LogP contribution in [0.5, 0.6) is 11.6 Å². The average molecular weight is 289 g/mol. The first kappa shape index (κ1) is 15.4. The Labute approximate surface area is 126 Å². The van der Waals surface area contributed by atoms with E-state index in [1.165, 1.54) is 5.56 Å². The van der Waals surface area contributed by atoms with Crippen LogP contribution in [0.4, 0.5) is 0 Å². The van der Waals surface area contributed by atoms with Gasteiger partial charge in [0.05, 0.1) is 5.60 Å². The van der Waals surface area contributed by atoms with E-state index in [1.807, 2.05) is 18.2 Å². The van der Waals surface area contributed by atoms with Crippen LogP contribution in [0, 0.1) is 0 Å². The lowest BCUT2D eigenvalue weighted by atomic mass is 10.1. The van der Waals surface area contributed by atoms with E-state index in [0.717, 1.165) is 18.7 Å². The van der Waals surface area contributed by atoms with Crippen molar-refractivity contribution in [3.8, 4) is 11.6 Å². The highest BCUT2D eigenvalue weighted by Gasteiger charge is 2.10. The summed E-state index contributed by atoms with van der Waals surface area (Å²) in [6, 6.07) is 11.4. The van der Waals surface area contributed by atoms with Crippen LogP contribution in [0.3, 0.4) is 0 Å². The topological polar surface area (TPSA) is 67.3 Å². The summed E-state index contributed by atoms with van der Waals surface area (Å²) in [5.41, 5.74) is 0.483. The molecule has 1 aromatic carbocycles. The van der Waals surface area contributed by atoms with Crippen molar-refractivity contribution in [3.05, 3.63) is 48.2 Å². The molecule has 0 aliphatic rings. The van der Waals surface area contributed by atoms with Crippen LogP contribution in [-0.2, 0) is 6.42 Å². The second-order valence-electron chi connectivity index (χ2n) is 5.55. The molecule has 2 aromatic rings. The Hall–Kier alpha value is -1.98. The summed E-state index contributed by atoms with van der Waals surface area (Å²) in [4.78, 5) is 0. The van der Waals surface area contributed by atoms with Gasteiger partial charge in [-0.25, -0.2) is 0 Å². The van der Waals surface area contributed by atoms with E-state index in [1.54, 1.807) is 32.2 Å². The van der Waals surface area contributed by atoms with Gasteiger partial charge in [-0.05, 0) is 50.6 Å². The van der Waals surface area contributed by atoms with Crippen molar-refractivity contribution < 1.29 is 11.3 Å². The summed E-state index contributed by atoms with van der Waals surface area (Å²) < 4.78 is 5.65. The van der Waals surface area contributed by atoms with Gasteiger partial charge in [-0.1, -0.05) is 12.1 Å². The summed E-state index contributed by atoms with van der Waals surface area (Å²) in [5, 5.41) is 20.5. The molecule has 21 heavy (non-hydrogen) atoms. The number of nitrogens with zero attached hydrogens (tertiary/aromatic N) is 2. The van der Waals surface area contributed by atoms with Crippen molar-refractivity contribution in [2.45, 2.75) is 25.9 Å². The summed E-state index contributed by atoms with van der Waals surface area (Å²) >= 11 is 0. The van der Waals surface area contributed by atoms with Gasteiger partial charge in [0.25, 0.3) is 0 Å². The Morgan fingerprint density at radius 1 is 1.29 bits per heavy atom. The Balaban J connectivity index is 0.00000242. The quantitative estimate of drug-likeness (QED) is 0.766. The third-order valence-corrected chi connectivity index (χ3v) is 2.82. The van der Waals surface area contributed by atoms with Crippen molar-refractivity contribution in [1.29, 1.82) is 0 Å². The van der Waals surface area contributed by atoms with Crippen LogP contribution < -0.4 is 10.1 Å². The molecule has 1 heterocycles. The predicted octanol–water partition coefficient (Wildman–Crippen LogP) is 2.42. The first-order valence-electron chi connectivity index (χ1n) is 7.00. The molecule has 0 aliphatic carbocycles. The summed E-state index contributed by atoms with van der Waals surface area (Å²) in [6.07, 6.45) is 2.48. The van der Waals surface area contributed by atoms with Crippen molar-refractivity contribution in [2.75, 3.05) is 13.1 Å². The molecule has 0 fully saturated rings. The molecule has 5 heteroatoms. The Morgan fingerprint density at radius 3 is 2.86 bits per heavy atom. The molecule has 0 radical (unpaired) electrons. The molecule has 0 unspecified atom stereocenters. The average Bonchev–Trinajstić information content (AvgIpc) is 2.44. The van der Waals surface area contributed by atoms with Gasteiger partial charge in [0, 0.05) is 20.2 Å². The van der Waals surface area contributed by atoms with Crippen molar-refractivity contribution >= 4 is 0 Å². The minimum absolute atomic E-state index is 0. The number of ether oxygens (including phenoxy) is 1. The third kappa shape index (κ3) is 5.89. The van der Waals surface area contributed by atoms with E-state index in [2.05, 4.69) is 21.6 Å². The SMILES string of the molecule is CC(C)(O)CNCCc1cccc(Oc2cccnn2)c1.[HH]. The van der Waals surface area contributed by atoms with Gasteiger partial charge >= 0.3 is 0 Å². The molecule has 5 nitrogen and oxygen atoms in total. The molecule has 0 saturated heterocycles. The molecule has 0 amide bonds. The molecular formula is C16H23N3O2. The first-order valence-corrected chi connectivity index (χ1v) is 7.00. The molecule has 2 rings (SSSR count). The monoisotopic (exact) mass is 289 g/mol. The van der Waals surface area contributed by atoms with E-state index in [9.17, 15) is 5.11 Å². The zero-order valence-corrected chi connectivity index (χ0v) is 12.4. The van der Waals surface area contributed by atoms with Crippen LogP contribution >= 0.6 is 0 Å². The van der Waals surface area contributed by atoms with Gasteiger partial charge in [-0.3, -0.25) is 0 Å². The zero-order chi connectivity index (χ0) is 15.1. The van der Waals surface area contributed by atoms with Crippen LogP contribution in [0.25, 0.3) is 0 Å². The number of benzene rings is 1. The lowest BCUT2D eigenvalue weighted by Gasteiger charge is -2.17. The molecule has 0 bridgehead atoms. The lowest BCUT2D eigenvalue weighted by Crippen LogP contribution is -2.35. The fourth-order valence-corrected chi connectivity index (χ4v) is 1.85. The summed E-state index contributed by atoms with van der Waals surface area (Å²) in [6.45, 7) is 4.95. The summed E-state index contributed by atoms with van der Waals surface area (Å²) in [7, 11) is 0. The fourth-order valence-electron chi connectivity index (χ4n) is 1.85. The van der Waals surface area contributed by atoms with Gasteiger partial charge in [-0.2, -0.15) is 5.10 Å². The smallest absolute Gasteiger partial charge is 0.238 e. The lowest BCUT2D eigenvalue weighted by molar-refractivity contribution is 0.0801. The fraction of sp³-hybridized carbons (Fsp3) is 0.375. The molecule has 0 aliphatic heterocycles. The highest BCUT2D eigenvalue weighted by molar-refractivity contribution is 5.31. The zero-order valence-electron chi connectivity index (χ0n) is 12.4. The van der Waals surface area contributed by atoms with Gasteiger partial charge in [0.1, 0.15) is 5.75 Å². The summed E-state index contributed by atoms with van der Waals surface area (Å²) in [5.74, 6) is 1.23. The van der Waals surface area contributed by atoms with E-state index < -0.39 is 5.60 Å². The molecule has 0 atom stereocenters. The van der Waals surface area contributed by atoms with Crippen LogP contribution in [0.15, 0.2) is 42.6 Å². The number of hydrogen-bond acceptors (Lipinski definition) is 5. The van der Waals surface area contributed by atoms with Gasteiger partial charge in [0.15, 0.2) is 0 Å². The van der Waals surface area contributed by atoms with E-state index in [0.29, 0.717) is 12.4 Å². The van der Waals surface area contributed by atoms with Gasteiger partial charge in [0.2, 0.25) is 5.88 Å². The van der Waals surface area contributed by atoms with E-state index >= 15 is 0 Å². The largest absolute Gasteiger partial charge is 0.438 e. The molecule has 2 N–H and O–H groups in total. The molecule has 0 saturated carbocycles. The van der Waals surface area contributed by atoms with Crippen molar-refractivity contribution in [2.24, 2.45) is 0 Å². The maximum Gasteiger partial charge on any atom is 0.238 e. The number of aliphatic hydroxyl groups is 1. The highest BCUT2D eigenvalue weighted by Crippen LogP contribution is 2.19. The van der Waals surface area contributed by atoms with E-state index in [-0.39, 0.29) is 1.43 Å². The maximum absolute atomic E-state index is 9.63.